The quantitative estimate of drug-likeness (QED) is 0.217. The van der Waals surface area contributed by atoms with Crippen molar-refractivity contribution in [3.8, 4) is 11.5 Å². The van der Waals surface area contributed by atoms with E-state index >= 15 is 0 Å². The summed E-state index contributed by atoms with van der Waals surface area (Å²) in [6, 6.07) is 7.76. The van der Waals surface area contributed by atoms with Crippen molar-refractivity contribution >= 4 is 17.4 Å². The minimum absolute atomic E-state index is 0.0345. The Morgan fingerprint density at radius 2 is 1.79 bits per heavy atom. The second-order valence-electron chi connectivity index (χ2n) is 8.04. The van der Waals surface area contributed by atoms with E-state index in [0.717, 1.165) is 19.3 Å². The first-order valence-electron chi connectivity index (χ1n) is 11.5. The Morgan fingerprint density at radius 3 is 2.47 bits per heavy atom. The van der Waals surface area contributed by atoms with Crippen LogP contribution < -0.4 is 9.47 Å². The molecule has 0 radical (unpaired) electrons. The number of unbranched alkanes of at least 4 members (excludes halogenated alkanes) is 2. The number of ether oxygens (including phenoxy) is 3. The maximum atomic E-state index is 13.1. The number of hydrogen-bond donors (Lipinski definition) is 1. The summed E-state index contributed by atoms with van der Waals surface area (Å²) >= 11 is 0. The number of aromatic nitrogens is 1. The van der Waals surface area contributed by atoms with E-state index in [-0.39, 0.29) is 11.3 Å². The number of hydrogen-bond acceptors (Lipinski definition) is 7. The van der Waals surface area contributed by atoms with Crippen LogP contribution in [0.5, 0.6) is 11.5 Å². The predicted octanol–water partition coefficient (Wildman–Crippen LogP) is 4.12. The first-order chi connectivity index (χ1) is 16.5. The van der Waals surface area contributed by atoms with Gasteiger partial charge >= 0.3 is 0 Å². The number of methoxy groups -OCH3 is 2. The molecule has 0 bridgehead atoms. The summed E-state index contributed by atoms with van der Waals surface area (Å²) in [6.07, 6.45) is 6.70. The maximum Gasteiger partial charge on any atom is 0.295 e. The molecule has 3 rings (SSSR count). The minimum atomic E-state index is -0.770. The molecule has 8 nitrogen and oxygen atoms in total. The molecule has 34 heavy (non-hydrogen) atoms. The highest BCUT2D eigenvalue weighted by Crippen LogP contribution is 2.42. The van der Waals surface area contributed by atoms with Crippen LogP contribution in [0.3, 0.4) is 0 Å². The van der Waals surface area contributed by atoms with Crippen LogP contribution >= 0.6 is 0 Å². The molecule has 1 aromatic heterocycles. The Hall–Kier alpha value is -3.39. The number of benzene rings is 1. The highest BCUT2D eigenvalue weighted by Gasteiger charge is 2.46. The lowest BCUT2D eigenvalue weighted by molar-refractivity contribution is -0.140. The summed E-state index contributed by atoms with van der Waals surface area (Å²) in [5, 5.41) is 11.0. The summed E-state index contributed by atoms with van der Waals surface area (Å²) in [6.45, 7) is 3.44. The Morgan fingerprint density at radius 1 is 1.03 bits per heavy atom. The van der Waals surface area contributed by atoms with Crippen LogP contribution in [0.25, 0.3) is 5.76 Å². The number of aliphatic hydroxyl groups is 1. The molecule has 1 aliphatic rings. The van der Waals surface area contributed by atoms with Gasteiger partial charge < -0.3 is 24.2 Å². The largest absolute Gasteiger partial charge is 0.507 e. The number of Topliss-reactive ketones (excluding diaryl/α,β-unsaturated/α-hetero) is 1. The minimum Gasteiger partial charge on any atom is -0.507 e. The molecule has 1 amide bonds. The van der Waals surface area contributed by atoms with Crippen molar-refractivity contribution in [3.05, 3.63) is 59.4 Å². The number of amides is 1. The van der Waals surface area contributed by atoms with Crippen LogP contribution in [-0.2, 0) is 14.3 Å². The van der Waals surface area contributed by atoms with E-state index in [9.17, 15) is 14.7 Å². The summed E-state index contributed by atoms with van der Waals surface area (Å²) in [7, 11) is 3.13. The van der Waals surface area contributed by atoms with Gasteiger partial charge in [-0.15, -0.1) is 0 Å². The Kier molecular flexibility index (Phi) is 9.04. The summed E-state index contributed by atoms with van der Waals surface area (Å²) in [5.41, 5.74) is 1.09. The molecular weight excluding hydrogens is 436 g/mol. The number of aliphatic hydroxyl groups excluding tert-OH is 1. The van der Waals surface area contributed by atoms with Gasteiger partial charge in [0.05, 0.1) is 25.3 Å². The van der Waals surface area contributed by atoms with E-state index in [2.05, 4.69) is 11.9 Å². The zero-order valence-electron chi connectivity index (χ0n) is 20.0. The van der Waals surface area contributed by atoms with Crippen molar-refractivity contribution in [3.63, 3.8) is 0 Å². The first-order valence-corrected chi connectivity index (χ1v) is 11.5. The molecule has 1 saturated heterocycles. The van der Waals surface area contributed by atoms with Crippen molar-refractivity contribution in [2.45, 2.75) is 38.6 Å². The van der Waals surface area contributed by atoms with E-state index in [0.29, 0.717) is 48.8 Å². The van der Waals surface area contributed by atoms with Crippen LogP contribution in [0, 0.1) is 0 Å². The van der Waals surface area contributed by atoms with Gasteiger partial charge in [0.2, 0.25) is 0 Å². The van der Waals surface area contributed by atoms with Gasteiger partial charge in [0.1, 0.15) is 5.76 Å². The van der Waals surface area contributed by atoms with Gasteiger partial charge in [-0.1, -0.05) is 25.8 Å². The van der Waals surface area contributed by atoms with Crippen molar-refractivity contribution in [2.24, 2.45) is 0 Å². The number of ketones is 1. The van der Waals surface area contributed by atoms with Gasteiger partial charge in [-0.3, -0.25) is 14.6 Å². The monoisotopic (exact) mass is 468 g/mol. The van der Waals surface area contributed by atoms with Gasteiger partial charge in [-0.25, -0.2) is 0 Å². The van der Waals surface area contributed by atoms with E-state index in [1.165, 1.54) is 17.3 Å². The zero-order chi connectivity index (χ0) is 24.5. The fourth-order valence-electron chi connectivity index (χ4n) is 4.01. The third-order valence-electron chi connectivity index (χ3n) is 5.75. The number of nitrogens with zero attached hydrogens (tertiary/aromatic N) is 2. The van der Waals surface area contributed by atoms with E-state index in [1.54, 1.807) is 44.6 Å². The summed E-state index contributed by atoms with van der Waals surface area (Å²) in [5.74, 6) is -0.529. The molecule has 1 fully saturated rings. The lowest BCUT2D eigenvalue weighted by Crippen LogP contribution is -2.31. The van der Waals surface area contributed by atoms with E-state index < -0.39 is 17.7 Å². The molecule has 1 unspecified atom stereocenters. The summed E-state index contributed by atoms with van der Waals surface area (Å²) in [4.78, 5) is 31.5. The predicted molar refractivity (Wildman–Crippen MR) is 128 cm³/mol. The van der Waals surface area contributed by atoms with Gasteiger partial charge in [-0.2, -0.15) is 0 Å². The van der Waals surface area contributed by atoms with Crippen molar-refractivity contribution < 1.29 is 28.9 Å². The molecule has 0 saturated carbocycles. The van der Waals surface area contributed by atoms with Crippen molar-refractivity contribution in [1.29, 1.82) is 0 Å². The third kappa shape index (κ3) is 5.56. The molecule has 0 spiro atoms. The number of likely N-dealkylation sites (tertiary alicyclic amines) is 1. The lowest BCUT2D eigenvalue weighted by Gasteiger charge is -2.26. The van der Waals surface area contributed by atoms with Gasteiger partial charge in [-0.05, 0) is 42.7 Å². The molecule has 2 heterocycles. The van der Waals surface area contributed by atoms with Crippen LogP contribution in [0.4, 0.5) is 0 Å². The molecule has 1 atom stereocenters. The van der Waals surface area contributed by atoms with Gasteiger partial charge in [0, 0.05) is 38.2 Å². The average molecular weight is 469 g/mol. The summed E-state index contributed by atoms with van der Waals surface area (Å²) < 4.78 is 16.6. The normalized spacial score (nSPS) is 17.3. The lowest BCUT2D eigenvalue weighted by atomic mass is 9.95. The molecule has 0 aliphatic carbocycles. The fourth-order valence-corrected chi connectivity index (χ4v) is 4.01. The number of rotatable bonds is 12. The average Bonchev–Trinajstić information content (AvgIpc) is 3.12. The molecule has 182 valence electrons. The molecule has 1 N–H and O–H groups in total. The Bertz CT molecular complexity index is 1020. The highest BCUT2D eigenvalue weighted by molar-refractivity contribution is 6.46. The fraction of sp³-hybridized carbons (Fsp3) is 0.423. The third-order valence-corrected chi connectivity index (χ3v) is 5.75. The molecule has 1 aliphatic heterocycles. The standard InChI is InChI=1S/C26H32N2O6/c1-4-5-6-16-34-20-9-8-19(17-21(20)33-3)23-22(24(29)18-10-12-27-13-11-18)25(30)26(31)28(23)14-7-15-32-2/h8-13,17,23,29H,4-7,14-16H2,1-3H3. The van der Waals surface area contributed by atoms with Crippen LogP contribution in [0.15, 0.2) is 48.3 Å². The Balaban J connectivity index is 2.03. The highest BCUT2D eigenvalue weighted by atomic mass is 16.5. The second kappa shape index (κ2) is 12.2. The zero-order valence-corrected chi connectivity index (χ0v) is 20.0. The van der Waals surface area contributed by atoms with Crippen LogP contribution in [0.2, 0.25) is 0 Å². The molecule has 2 aromatic rings. The van der Waals surface area contributed by atoms with E-state index in [1.807, 2.05) is 0 Å². The second-order valence-corrected chi connectivity index (χ2v) is 8.04. The first kappa shape index (κ1) is 25.2. The topological polar surface area (TPSA) is 98.2 Å². The van der Waals surface area contributed by atoms with E-state index in [4.69, 9.17) is 14.2 Å². The van der Waals surface area contributed by atoms with Gasteiger partial charge in [0.15, 0.2) is 11.5 Å². The van der Waals surface area contributed by atoms with Crippen LogP contribution in [-0.4, -0.2) is 60.7 Å². The number of pyridine rings is 1. The molecular formula is C26H32N2O6. The van der Waals surface area contributed by atoms with Gasteiger partial charge in [0.25, 0.3) is 11.7 Å². The number of carbonyl (C=O) groups excluding carboxylic acids is 2. The SMILES string of the molecule is CCCCCOc1ccc(C2C(=C(O)c3ccncc3)C(=O)C(=O)N2CCCOC)cc1OC. The smallest absolute Gasteiger partial charge is 0.295 e. The van der Waals surface area contributed by atoms with Crippen LogP contribution in [0.1, 0.15) is 49.8 Å². The molecule has 1 aromatic carbocycles. The number of carbonyl (C=O) groups is 2. The Labute approximate surface area is 200 Å². The van der Waals surface area contributed by atoms with Crippen molar-refractivity contribution in [1.82, 2.24) is 9.88 Å². The maximum absolute atomic E-state index is 13.1. The molecule has 8 heteroatoms. The van der Waals surface area contributed by atoms with Crippen molar-refractivity contribution in [2.75, 3.05) is 34.0 Å².